The Balaban J connectivity index is 2.13. The zero-order valence-electron chi connectivity index (χ0n) is 9.74. The minimum absolute atomic E-state index is 0.156. The van der Waals surface area contributed by atoms with E-state index in [1.54, 1.807) is 11.7 Å². The number of rotatable bonds is 5. The molecule has 0 aliphatic rings. The van der Waals surface area contributed by atoms with Crippen LogP contribution in [0.5, 0.6) is 0 Å². The van der Waals surface area contributed by atoms with Crippen LogP contribution in [-0.4, -0.2) is 16.7 Å². The molecule has 1 aromatic heterocycles. The van der Waals surface area contributed by atoms with Gasteiger partial charge in [0.2, 0.25) is 0 Å². The van der Waals surface area contributed by atoms with Gasteiger partial charge in [0.1, 0.15) is 0 Å². The molecule has 3 nitrogen and oxygen atoms in total. The fraction of sp³-hybridized carbons (Fsp3) is 0.250. The molecule has 2 rings (SSSR count). The molecule has 1 atom stereocenters. The van der Waals surface area contributed by atoms with Gasteiger partial charge in [-0.1, -0.05) is 0 Å². The topological polar surface area (TPSA) is 45.1 Å². The molecule has 1 unspecified atom stereocenters. The van der Waals surface area contributed by atoms with Crippen molar-refractivity contribution >= 4 is 11.3 Å². The van der Waals surface area contributed by atoms with Gasteiger partial charge in [-0.2, -0.15) is 0 Å². The van der Waals surface area contributed by atoms with Gasteiger partial charge in [-0.15, -0.1) is 11.3 Å². The van der Waals surface area contributed by atoms with Gasteiger partial charge in [-0.05, 0) is 17.7 Å². The molecule has 19 heavy (non-hydrogen) atoms. The fourth-order valence-electron chi connectivity index (χ4n) is 1.62. The van der Waals surface area contributed by atoms with E-state index in [2.05, 4.69) is 10.3 Å². The monoisotopic (exact) mass is 288 g/mol. The second-order valence-corrected chi connectivity index (χ2v) is 4.85. The van der Waals surface area contributed by atoms with Crippen molar-refractivity contribution in [3.05, 3.63) is 51.7 Å². The molecule has 1 aromatic carbocycles. The number of aromatic nitrogens is 1. The summed E-state index contributed by atoms with van der Waals surface area (Å²) in [4.78, 5) is 4.80. The third-order valence-corrected chi connectivity index (χ3v) is 3.38. The second kappa shape index (κ2) is 6.14. The largest absolute Gasteiger partial charge is 0.394 e. The average Bonchev–Trinajstić information content (AvgIpc) is 2.89. The van der Waals surface area contributed by atoms with Gasteiger partial charge in [0.25, 0.3) is 0 Å². The minimum atomic E-state index is -1.51. The fourth-order valence-corrected chi connectivity index (χ4v) is 2.16. The van der Waals surface area contributed by atoms with Crippen molar-refractivity contribution in [2.24, 2.45) is 0 Å². The Bertz CT molecular complexity index is 525. The first-order valence-electron chi connectivity index (χ1n) is 5.48. The van der Waals surface area contributed by atoms with Crippen LogP contribution in [0.1, 0.15) is 16.5 Å². The quantitative estimate of drug-likeness (QED) is 0.830. The normalized spacial score (nSPS) is 12.6. The third kappa shape index (κ3) is 3.31. The highest BCUT2D eigenvalue weighted by molar-refractivity contribution is 7.09. The van der Waals surface area contributed by atoms with E-state index in [-0.39, 0.29) is 12.2 Å². The van der Waals surface area contributed by atoms with Crippen LogP contribution in [0.25, 0.3) is 0 Å². The summed E-state index contributed by atoms with van der Waals surface area (Å²) in [7, 11) is 0. The van der Waals surface area contributed by atoms with E-state index in [4.69, 9.17) is 0 Å². The molecule has 2 N–H and O–H groups in total. The van der Waals surface area contributed by atoms with E-state index in [0.29, 0.717) is 6.54 Å². The first kappa shape index (κ1) is 14.0. The molecule has 7 heteroatoms. The molecule has 0 fully saturated rings. The standard InChI is InChI=1S/C12H11F3N2OS/c13-9-1-7(2-10(14)12(9)15)11(5-18)17-4-8-3-16-6-19-8/h1-3,6,11,17-18H,4-5H2. The van der Waals surface area contributed by atoms with Crippen molar-refractivity contribution in [2.75, 3.05) is 6.61 Å². The van der Waals surface area contributed by atoms with Crippen LogP contribution in [0.2, 0.25) is 0 Å². The highest BCUT2D eigenvalue weighted by Crippen LogP contribution is 2.20. The lowest BCUT2D eigenvalue weighted by Gasteiger charge is -2.16. The number of hydrogen-bond donors (Lipinski definition) is 2. The number of thiazole rings is 1. The Kier molecular flexibility index (Phi) is 4.52. The van der Waals surface area contributed by atoms with Crippen LogP contribution in [0.4, 0.5) is 13.2 Å². The van der Waals surface area contributed by atoms with E-state index in [1.165, 1.54) is 11.3 Å². The SMILES string of the molecule is OCC(NCc1cncs1)c1cc(F)c(F)c(F)c1. The number of halogens is 3. The maximum absolute atomic E-state index is 13.1. The van der Waals surface area contributed by atoms with E-state index < -0.39 is 23.5 Å². The number of benzene rings is 1. The van der Waals surface area contributed by atoms with E-state index in [9.17, 15) is 18.3 Å². The van der Waals surface area contributed by atoms with E-state index in [1.807, 2.05) is 0 Å². The lowest BCUT2D eigenvalue weighted by Crippen LogP contribution is -2.24. The third-order valence-electron chi connectivity index (χ3n) is 2.60. The first-order chi connectivity index (χ1) is 9.11. The average molecular weight is 288 g/mol. The van der Waals surface area contributed by atoms with Crippen molar-refractivity contribution in [1.82, 2.24) is 10.3 Å². The molecule has 0 saturated heterocycles. The number of nitrogens with one attached hydrogen (secondary N) is 1. The highest BCUT2D eigenvalue weighted by atomic mass is 32.1. The molecule has 2 aromatic rings. The van der Waals surface area contributed by atoms with E-state index >= 15 is 0 Å². The molecule has 102 valence electrons. The van der Waals surface area contributed by atoms with Crippen LogP contribution in [0.15, 0.2) is 23.8 Å². The number of aliphatic hydroxyl groups excluding tert-OH is 1. The molecule has 0 radical (unpaired) electrons. The van der Waals surface area contributed by atoms with Gasteiger partial charge in [-0.25, -0.2) is 13.2 Å². The molecular formula is C12H11F3N2OS. The Morgan fingerprint density at radius 2 is 1.95 bits per heavy atom. The van der Waals surface area contributed by atoms with Crippen molar-refractivity contribution in [1.29, 1.82) is 0 Å². The lowest BCUT2D eigenvalue weighted by atomic mass is 10.1. The number of nitrogens with zero attached hydrogens (tertiary/aromatic N) is 1. The Morgan fingerprint density at radius 1 is 1.26 bits per heavy atom. The smallest absolute Gasteiger partial charge is 0.194 e. The molecule has 0 aliphatic heterocycles. The van der Waals surface area contributed by atoms with Crippen molar-refractivity contribution < 1.29 is 18.3 Å². The van der Waals surface area contributed by atoms with Crippen LogP contribution in [0.3, 0.4) is 0 Å². The predicted octanol–water partition coefficient (Wildman–Crippen LogP) is 2.38. The van der Waals surface area contributed by atoms with Gasteiger partial charge in [0.05, 0.1) is 18.2 Å². The first-order valence-corrected chi connectivity index (χ1v) is 6.36. The van der Waals surface area contributed by atoms with Gasteiger partial charge in [0, 0.05) is 17.6 Å². The van der Waals surface area contributed by atoms with Crippen LogP contribution >= 0.6 is 11.3 Å². The Labute approximate surface area is 111 Å². The summed E-state index contributed by atoms with van der Waals surface area (Å²) in [6.07, 6.45) is 1.65. The zero-order chi connectivity index (χ0) is 13.8. The summed E-state index contributed by atoms with van der Waals surface area (Å²) < 4.78 is 39.1. The van der Waals surface area contributed by atoms with Crippen molar-refractivity contribution in [2.45, 2.75) is 12.6 Å². The highest BCUT2D eigenvalue weighted by Gasteiger charge is 2.16. The maximum Gasteiger partial charge on any atom is 0.194 e. The Hall–Kier alpha value is -1.44. The van der Waals surface area contributed by atoms with Crippen LogP contribution in [0, 0.1) is 17.5 Å². The maximum atomic E-state index is 13.1. The lowest BCUT2D eigenvalue weighted by molar-refractivity contribution is 0.243. The minimum Gasteiger partial charge on any atom is -0.394 e. The second-order valence-electron chi connectivity index (χ2n) is 3.88. The summed E-state index contributed by atoms with van der Waals surface area (Å²) in [6, 6.07) is 1.07. The molecule has 0 saturated carbocycles. The summed E-state index contributed by atoms with van der Waals surface area (Å²) in [5.74, 6) is -4.05. The van der Waals surface area contributed by atoms with Gasteiger partial charge in [0.15, 0.2) is 17.5 Å². The molecule has 0 aliphatic carbocycles. The zero-order valence-corrected chi connectivity index (χ0v) is 10.6. The summed E-state index contributed by atoms with van der Waals surface area (Å²) in [5.41, 5.74) is 1.81. The van der Waals surface area contributed by atoms with Crippen LogP contribution < -0.4 is 5.32 Å². The Morgan fingerprint density at radius 3 is 2.47 bits per heavy atom. The van der Waals surface area contributed by atoms with Gasteiger partial charge >= 0.3 is 0 Å². The molecule has 0 amide bonds. The molecular weight excluding hydrogens is 277 g/mol. The summed E-state index contributed by atoms with van der Waals surface area (Å²) in [5, 5.41) is 12.2. The predicted molar refractivity (Wildman–Crippen MR) is 65.1 cm³/mol. The van der Waals surface area contributed by atoms with Crippen molar-refractivity contribution in [3.63, 3.8) is 0 Å². The summed E-state index contributed by atoms with van der Waals surface area (Å²) in [6.45, 7) is 0.0415. The van der Waals surface area contributed by atoms with Gasteiger partial charge in [-0.3, -0.25) is 4.98 Å². The molecule has 1 heterocycles. The molecule has 0 spiro atoms. The summed E-state index contributed by atoms with van der Waals surface area (Å²) >= 11 is 1.42. The number of hydrogen-bond acceptors (Lipinski definition) is 4. The number of aliphatic hydroxyl groups is 1. The van der Waals surface area contributed by atoms with Gasteiger partial charge < -0.3 is 10.4 Å². The van der Waals surface area contributed by atoms with Crippen LogP contribution in [-0.2, 0) is 6.54 Å². The van der Waals surface area contributed by atoms with Crippen molar-refractivity contribution in [3.8, 4) is 0 Å². The van der Waals surface area contributed by atoms with E-state index in [0.717, 1.165) is 17.0 Å². The molecule has 0 bridgehead atoms.